The number of carbonyl (C=O) groups excluding carboxylic acids is 1. The molecular formula is C11H20O. The van der Waals surface area contributed by atoms with Gasteiger partial charge in [-0.25, -0.2) is 0 Å². The van der Waals surface area contributed by atoms with Gasteiger partial charge in [-0.3, -0.25) is 4.79 Å². The number of allylic oxidation sites excluding steroid dienone is 2. The average Bonchev–Trinajstić information content (AvgIpc) is 2.06. The van der Waals surface area contributed by atoms with E-state index in [1.165, 1.54) is 0 Å². The molecule has 0 saturated heterocycles. The Morgan fingerprint density at radius 2 is 2.00 bits per heavy atom. The van der Waals surface area contributed by atoms with Crippen LogP contribution in [0.2, 0.25) is 0 Å². The smallest absolute Gasteiger partial charge is 0.158 e. The number of ketones is 1. The van der Waals surface area contributed by atoms with Crippen LogP contribution in [0.5, 0.6) is 0 Å². The molecule has 0 rings (SSSR count). The fourth-order valence-electron chi connectivity index (χ4n) is 1.15. The largest absolute Gasteiger partial charge is 0.295 e. The molecule has 0 aliphatic carbocycles. The Bertz CT molecular complexity index is 168. The number of Topliss-reactive ketones (excluding diaryl/α,β-unsaturated/α-hetero) is 1. The predicted molar refractivity (Wildman–Crippen MR) is 53.1 cm³/mol. The molecule has 0 aliphatic rings. The van der Waals surface area contributed by atoms with Crippen molar-refractivity contribution in [3.05, 3.63) is 11.6 Å². The molecule has 0 amide bonds. The van der Waals surface area contributed by atoms with Gasteiger partial charge in [0.2, 0.25) is 0 Å². The van der Waals surface area contributed by atoms with Crippen LogP contribution < -0.4 is 0 Å². The molecule has 0 aliphatic heterocycles. The van der Waals surface area contributed by atoms with Crippen LogP contribution in [0.15, 0.2) is 11.6 Å². The summed E-state index contributed by atoms with van der Waals surface area (Å²) in [5.74, 6) is 0.855. The Balaban J connectivity index is 4.03. The monoisotopic (exact) mass is 168 g/mol. The second kappa shape index (κ2) is 5.99. The van der Waals surface area contributed by atoms with E-state index in [4.69, 9.17) is 0 Å². The van der Waals surface area contributed by atoms with Crippen LogP contribution >= 0.6 is 0 Å². The molecule has 0 aromatic rings. The third-order valence-corrected chi connectivity index (χ3v) is 2.32. The van der Waals surface area contributed by atoms with Crippen molar-refractivity contribution in [1.82, 2.24) is 0 Å². The Labute approximate surface area is 75.9 Å². The first-order valence-electron chi connectivity index (χ1n) is 4.84. The molecule has 0 aromatic heterocycles. The molecule has 0 aromatic carbocycles. The molecule has 1 nitrogen and oxygen atoms in total. The molecule has 1 heteroatoms. The zero-order valence-electron chi connectivity index (χ0n) is 8.68. The second-order valence-corrected chi connectivity index (χ2v) is 3.31. The Hall–Kier alpha value is -0.590. The fourth-order valence-corrected chi connectivity index (χ4v) is 1.15. The van der Waals surface area contributed by atoms with E-state index in [-0.39, 0.29) is 0 Å². The quantitative estimate of drug-likeness (QED) is 0.575. The molecule has 0 N–H and O–H groups in total. The highest BCUT2D eigenvalue weighted by Gasteiger charge is 2.09. The zero-order chi connectivity index (χ0) is 9.56. The van der Waals surface area contributed by atoms with Gasteiger partial charge in [0, 0.05) is 6.42 Å². The normalized spacial score (nSPS) is 14.5. The summed E-state index contributed by atoms with van der Waals surface area (Å²) in [6.07, 6.45) is 4.60. The lowest BCUT2D eigenvalue weighted by atomic mass is 9.96. The SMILES string of the molecule is CC=C(CC)C(=O)CC(C)CC. The van der Waals surface area contributed by atoms with Gasteiger partial charge in [-0.05, 0) is 24.8 Å². The molecule has 0 fully saturated rings. The van der Waals surface area contributed by atoms with Crippen molar-refractivity contribution in [2.45, 2.75) is 47.0 Å². The molecule has 0 spiro atoms. The molecule has 0 radical (unpaired) electrons. The van der Waals surface area contributed by atoms with Crippen molar-refractivity contribution in [3.63, 3.8) is 0 Å². The second-order valence-electron chi connectivity index (χ2n) is 3.31. The molecular weight excluding hydrogens is 148 g/mol. The summed E-state index contributed by atoms with van der Waals surface area (Å²) in [7, 11) is 0. The first-order valence-corrected chi connectivity index (χ1v) is 4.84. The van der Waals surface area contributed by atoms with Gasteiger partial charge < -0.3 is 0 Å². The van der Waals surface area contributed by atoms with E-state index in [9.17, 15) is 4.79 Å². The summed E-state index contributed by atoms with van der Waals surface area (Å²) in [6.45, 7) is 8.22. The van der Waals surface area contributed by atoms with Crippen LogP contribution in [-0.2, 0) is 4.79 Å². The Kier molecular flexibility index (Phi) is 5.69. The maximum Gasteiger partial charge on any atom is 0.158 e. The van der Waals surface area contributed by atoms with Gasteiger partial charge in [0.15, 0.2) is 5.78 Å². The van der Waals surface area contributed by atoms with E-state index >= 15 is 0 Å². The number of hydrogen-bond acceptors (Lipinski definition) is 1. The minimum atomic E-state index is 0.328. The topological polar surface area (TPSA) is 17.1 Å². The third kappa shape index (κ3) is 3.70. The van der Waals surface area contributed by atoms with E-state index < -0.39 is 0 Å². The molecule has 12 heavy (non-hydrogen) atoms. The van der Waals surface area contributed by atoms with Gasteiger partial charge in [0.1, 0.15) is 0 Å². The summed E-state index contributed by atoms with van der Waals surface area (Å²) in [4.78, 5) is 11.5. The Morgan fingerprint density at radius 3 is 2.33 bits per heavy atom. The van der Waals surface area contributed by atoms with Crippen molar-refractivity contribution in [2.24, 2.45) is 5.92 Å². The third-order valence-electron chi connectivity index (χ3n) is 2.32. The van der Waals surface area contributed by atoms with Crippen molar-refractivity contribution >= 4 is 5.78 Å². The number of rotatable bonds is 5. The fraction of sp³-hybridized carbons (Fsp3) is 0.727. The summed E-state index contributed by atoms with van der Waals surface area (Å²) >= 11 is 0. The van der Waals surface area contributed by atoms with Gasteiger partial charge in [-0.2, -0.15) is 0 Å². The first kappa shape index (κ1) is 11.4. The first-order chi connectivity index (χ1) is 5.65. The standard InChI is InChI=1S/C11H20O/c1-5-9(4)8-11(12)10(6-2)7-3/h6,9H,5,7-8H2,1-4H3. The summed E-state index contributed by atoms with van der Waals surface area (Å²) in [5, 5.41) is 0. The molecule has 1 unspecified atom stereocenters. The highest BCUT2D eigenvalue weighted by molar-refractivity contribution is 5.95. The van der Waals surface area contributed by atoms with Gasteiger partial charge in [-0.15, -0.1) is 0 Å². The lowest BCUT2D eigenvalue weighted by molar-refractivity contribution is -0.116. The van der Waals surface area contributed by atoms with Crippen LogP contribution in [0.3, 0.4) is 0 Å². The zero-order valence-corrected chi connectivity index (χ0v) is 8.68. The molecule has 70 valence electrons. The maximum absolute atomic E-state index is 11.5. The summed E-state index contributed by atoms with van der Waals surface area (Å²) < 4.78 is 0. The lowest BCUT2D eigenvalue weighted by Gasteiger charge is -2.08. The number of carbonyl (C=O) groups is 1. The van der Waals surface area contributed by atoms with E-state index in [0.717, 1.165) is 18.4 Å². The maximum atomic E-state index is 11.5. The van der Waals surface area contributed by atoms with Crippen molar-refractivity contribution in [1.29, 1.82) is 0 Å². The minimum absolute atomic E-state index is 0.328. The van der Waals surface area contributed by atoms with Gasteiger partial charge >= 0.3 is 0 Å². The van der Waals surface area contributed by atoms with Crippen LogP contribution in [0.1, 0.15) is 47.0 Å². The van der Waals surface area contributed by atoms with Crippen LogP contribution in [0.25, 0.3) is 0 Å². The highest BCUT2D eigenvalue weighted by Crippen LogP contribution is 2.13. The van der Waals surface area contributed by atoms with E-state index in [1.54, 1.807) is 0 Å². The summed E-state index contributed by atoms with van der Waals surface area (Å²) in [5.41, 5.74) is 0.982. The van der Waals surface area contributed by atoms with Crippen LogP contribution in [0.4, 0.5) is 0 Å². The Morgan fingerprint density at radius 1 is 1.42 bits per heavy atom. The lowest BCUT2D eigenvalue weighted by Crippen LogP contribution is -2.07. The van der Waals surface area contributed by atoms with Crippen LogP contribution in [0, 0.1) is 5.92 Å². The van der Waals surface area contributed by atoms with E-state index in [2.05, 4.69) is 13.8 Å². The highest BCUT2D eigenvalue weighted by atomic mass is 16.1. The average molecular weight is 168 g/mol. The van der Waals surface area contributed by atoms with E-state index in [0.29, 0.717) is 18.1 Å². The minimum Gasteiger partial charge on any atom is -0.295 e. The van der Waals surface area contributed by atoms with Gasteiger partial charge in [0.25, 0.3) is 0 Å². The predicted octanol–water partition coefficient (Wildman–Crippen LogP) is 3.35. The molecule has 0 bridgehead atoms. The molecule has 0 heterocycles. The molecule has 0 saturated carbocycles. The molecule has 1 atom stereocenters. The van der Waals surface area contributed by atoms with Crippen molar-refractivity contribution in [3.8, 4) is 0 Å². The van der Waals surface area contributed by atoms with Crippen molar-refractivity contribution in [2.75, 3.05) is 0 Å². The van der Waals surface area contributed by atoms with Gasteiger partial charge in [-0.1, -0.05) is 33.3 Å². The number of hydrogen-bond donors (Lipinski definition) is 0. The van der Waals surface area contributed by atoms with E-state index in [1.807, 2.05) is 19.9 Å². The van der Waals surface area contributed by atoms with Crippen LogP contribution in [-0.4, -0.2) is 5.78 Å². The summed E-state index contributed by atoms with van der Waals surface area (Å²) in [6, 6.07) is 0. The van der Waals surface area contributed by atoms with Gasteiger partial charge in [0.05, 0.1) is 0 Å². The van der Waals surface area contributed by atoms with Crippen molar-refractivity contribution < 1.29 is 4.79 Å².